The quantitative estimate of drug-likeness (QED) is 0.408. The minimum absolute atomic E-state index is 0.845. The molecule has 3 rings (SSSR count). The third-order valence-corrected chi connectivity index (χ3v) is 4.35. The molecule has 5 heteroatoms. The molecule has 0 atom stereocenters. The number of pyridine rings is 1. The molecule has 1 heterocycles. The van der Waals surface area contributed by atoms with Gasteiger partial charge in [-0.05, 0) is 61.5 Å². The van der Waals surface area contributed by atoms with Crippen molar-refractivity contribution >= 4 is 22.8 Å². The summed E-state index contributed by atoms with van der Waals surface area (Å²) in [5.41, 5.74) is 5.10. The highest BCUT2D eigenvalue weighted by Crippen LogP contribution is 2.22. The number of rotatable bonds is 6. The van der Waals surface area contributed by atoms with Crippen molar-refractivity contribution in [1.82, 2.24) is 0 Å². The maximum Gasteiger partial charge on any atom is 0.228 e. The number of hydrogen-bond donors (Lipinski definition) is 1. The molecule has 1 aromatic heterocycles. The Balaban J connectivity index is 1.70. The van der Waals surface area contributed by atoms with E-state index >= 15 is 0 Å². The summed E-state index contributed by atoms with van der Waals surface area (Å²) in [5, 5.41) is 9.98. The van der Waals surface area contributed by atoms with Crippen LogP contribution < -0.4 is 19.6 Å². The van der Waals surface area contributed by atoms with Crippen LogP contribution in [-0.2, 0) is 7.05 Å². The maximum atomic E-state index is 5.19. The fourth-order valence-electron chi connectivity index (χ4n) is 2.83. The number of ether oxygens (including phenoxy) is 1. The number of nitrogens with one attached hydrogen (secondary N) is 1. The Labute approximate surface area is 160 Å². The van der Waals surface area contributed by atoms with E-state index in [2.05, 4.69) is 16.0 Å². The van der Waals surface area contributed by atoms with E-state index in [0.29, 0.717) is 0 Å². The van der Waals surface area contributed by atoms with E-state index < -0.39 is 0 Å². The molecular formula is C22H25N4O+. The van der Waals surface area contributed by atoms with Crippen LogP contribution in [0.1, 0.15) is 12.6 Å². The highest BCUT2D eigenvalue weighted by molar-refractivity contribution is 5.96. The normalized spacial score (nSPS) is 11.2. The lowest BCUT2D eigenvalue weighted by molar-refractivity contribution is -0.672. The second-order valence-corrected chi connectivity index (χ2v) is 6.31. The zero-order valence-corrected chi connectivity index (χ0v) is 16.2. The minimum Gasteiger partial charge on any atom is -0.497 e. The molecule has 0 saturated carbocycles. The predicted octanol–water partition coefficient (Wildman–Crippen LogP) is 4.12. The molecule has 3 aromatic rings. The molecule has 5 nitrogen and oxygen atoms in total. The van der Waals surface area contributed by atoms with Crippen molar-refractivity contribution in [1.29, 1.82) is 0 Å². The highest BCUT2D eigenvalue weighted by Gasteiger charge is 2.10. The Hall–Kier alpha value is -3.34. The largest absolute Gasteiger partial charge is 0.497 e. The van der Waals surface area contributed by atoms with Crippen LogP contribution in [0.5, 0.6) is 5.75 Å². The van der Waals surface area contributed by atoms with Crippen LogP contribution in [0.25, 0.3) is 0 Å². The molecule has 0 aliphatic rings. The van der Waals surface area contributed by atoms with Crippen molar-refractivity contribution in [3.05, 3.63) is 78.6 Å². The fraction of sp³-hybridized carbons (Fsp3) is 0.182. The molecule has 0 saturated heterocycles. The van der Waals surface area contributed by atoms with Gasteiger partial charge < -0.3 is 10.1 Å². The molecular weight excluding hydrogens is 336 g/mol. The third kappa shape index (κ3) is 4.64. The number of nitrogens with zero attached hydrogens (tertiary/aromatic N) is 3. The lowest BCUT2D eigenvalue weighted by Gasteiger charge is -2.15. The molecule has 0 unspecified atom stereocenters. The molecule has 1 N–H and O–H groups in total. The fourth-order valence-corrected chi connectivity index (χ4v) is 2.83. The van der Waals surface area contributed by atoms with E-state index in [1.807, 2.05) is 92.9 Å². The van der Waals surface area contributed by atoms with Gasteiger partial charge in [0.25, 0.3) is 0 Å². The van der Waals surface area contributed by atoms with Crippen LogP contribution in [-0.4, -0.2) is 19.9 Å². The van der Waals surface area contributed by atoms with Gasteiger partial charge in [0, 0.05) is 30.6 Å². The summed E-state index contributed by atoms with van der Waals surface area (Å²) in [6.07, 6.45) is 2.02. The summed E-state index contributed by atoms with van der Waals surface area (Å²) in [5.74, 6) is 0.845. The third-order valence-electron chi connectivity index (χ3n) is 4.35. The zero-order valence-electron chi connectivity index (χ0n) is 16.2. The Morgan fingerprint density at radius 2 is 1.59 bits per heavy atom. The van der Waals surface area contributed by atoms with Gasteiger partial charge in [-0.3, -0.25) is 5.01 Å². The van der Waals surface area contributed by atoms with Crippen molar-refractivity contribution in [3.8, 4) is 5.75 Å². The summed E-state index contributed by atoms with van der Waals surface area (Å²) in [7, 11) is 5.64. The Bertz CT molecular complexity index is 918. The van der Waals surface area contributed by atoms with Crippen LogP contribution in [0.2, 0.25) is 0 Å². The van der Waals surface area contributed by atoms with E-state index in [4.69, 9.17) is 9.84 Å². The number of benzene rings is 2. The summed E-state index contributed by atoms with van der Waals surface area (Å²) in [6, 6.07) is 22.1. The molecule has 27 heavy (non-hydrogen) atoms. The van der Waals surface area contributed by atoms with Crippen molar-refractivity contribution in [2.24, 2.45) is 12.1 Å². The molecule has 0 amide bonds. The Morgan fingerprint density at radius 3 is 2.19 bits per heavy atom. The average molecular weight is 361 g/mol. The zero-order chi connectivity index (χ0) is 19.2. The molecule has 0 spiro atoms. The monoisotopic (exact) mass is 361 g/mol. The van der Waals surface area contributed by atoms with Crippen LogP contribution >= 0.6 is 0 Å². The number of hydrazone groups is 1. The first-order valence-electron chi connectivity index (χ1n) is 8.82. The first kappa shape index (κ1) is 18.5. The van der Waals surface area contributed by atoms with Crippen LogP contribution in [0.4, 0.5) is 17.1 Å². The topological polar surface area (TPSA) is 40.7 Å². The van der Waals surface area contributed by atoms with Gasteiger partial charge in [-0.2, -0.15) is 9.67 Å². The van der Waals surface area contributed by atoms with Crippen molar-refractivity contribution in [2.45, 2.75) is 6.92 Å². The summed E-state index contributed by atoms with van der Waals surface area (Å²) in [4.78, 5) is 0. The second-order valence-electron chi connectivity index (χ2n) is 6.31. The van der Waals surface area contributed by atoms with E-state index in [9.17, 15) is 0 Å². The van der Waals surface area contributed by atoms with Gasteiger partial charge in [0.2, 0.25) is 5.69 Å². The summed E-state index contributed by atoms with van der Waals surface area (Å²) >= 11 is 0. The number of methoxy groups -OCH3 is 1. The second kappa shape index (κ2) is 8.36. The first-order chi connectivity index (χ1) is 13.1. The van der Waals surface area contributed by atoms with E-state index in [-0.39, 0.29) is 0 Å². The number of aryl methyl sites for hydroxylation is 1. The number of aromatic nitrogens is 1. The Kier molecular flexibility index (Phi) is 5.71. The molecule has 0 fully saturated rings. The van der Waals surface area contributed by atoms with Gasteiger partial charge >= 0.3 is 0 Å². The predicted molar refractivity (Wildman–Crippen MR) is 111 cm³/mol. The van der Waals surface area contributed by atoms with Gasteiger partial charge in [0.05, 0.1) is 12.8 Å². The van der Waals surface area contributed by atoms with E-state index in [1.165, 1.54) is 0 Å². The average Bonchev–Trinajstić information content (AvgIpc) is 2.69. The van der Waals surface area contributed by atoms with Crippen LogP contribution in [0.3, 0.4) is 0 Å². The maximum absolute atomic E-state index is 5.19. The molecule has 2 aromatic carbocycles. The first-order valence-corrected chi connectivity index (χ1v) is 8.82. The number of hydrogen-bond acceptors (Lipinski definition) is 4. The molecule has 0 aliphatic heterocycles. The van der Waals surface area contributed by atoms with E-state index in [0.717, 1.165) is 34.2 Å². The van der Waals surface area contributed by atoms with Crippen LogP contribution in [0.15, 0.2) is 78.0 Å². The van der Waals surface area contributed by atoms with Crippen LogP contribution in [0, 0.1) is 0 Å². The van der Waals surface area contributed by atoms with Gasteiger partial charge in [-0.15, -0.1) is 0 Å². The molecule has 138 valence electrons. The van der Waals surface area contributed by atoms with Gasteiger partial charge in [-0.25, -0.2) is 0 Å². The van der Waals surface area contributed by atoms with Crippen molar-refractivity contribution in [2.75, 3.05) is 24.5 Å². The molecule has 0 aliphatic carbocycles. The standard InChI is InChI=1S/C22H25N4O/c1-17(22-7-5-6-16-25(22)2)24-26(3)20-12-8-18(9-13-20)23-19-10-14-21(27-4)15-11-19/h5-16,23H,1-4H3/q+1. The van der Waals surface area contributed by atoms with E-state index in [1.54, 1.807) is 7.11 Å². The van der Waals surface area contributed by atoms with Gasteiger partial charge in [-0.1, -0.05) is 0 Å². The lowest BCUT2D eigenvalue weighted by atomic mass is 10.2. The molecule has 0 bridgehead atoms. The summed E-state index contributed by atoms with van der Waals surface area (Å²) in [6.45, 7) is 2.02. The van der Waals surface area contributed by atoms with Gasteiger partial charge in [0.15, 0.2) is 6.20 Å². The van der Waals surface area contributed by atoms with Crippen molar-refractivity contribution in [3.63, 3.8) is 0 Å². The Morgan fingerprint density at radius 1 is 0.963 bits per heavy atom. The SMILES string of the molecule is COc1ccc(Nc2ccc(N(C)N=C(C)c3cccc[n+]3C)cc2)cc1. The smallest absolute Gasteiger partial charge is 0.228 e. The number of anilines is 3. The highest BCUT2D eigenvalue weighted by atomic mass is 16.5. The van der Waals surface area contributed by atoms with Crippen molar-refractivity contribution < 1.29 is 9.30 Å². The van der Waals surface area contributed by atoms with Gasteiger partial charge in [0.1, 0.15) is 18.5 Å². The molecule has 0 radical (unpaired) electrons. The minimum atomic E-state index is 0.845. The summed E-state index contributed by atoms with van der Waals surface area (Å²) < 4.78 is 7.25. The lowest BCUT2D eigenvalue weighted by Crippen LogP contribution is -2.35.